The van der Waals surface area contributed by atoms with Gasteiger partial charge in [0.2, 0.25) is 5.91 Å². The Labute approximate surface area is 144 Å². The number of aromatic amines is 1. The first kappa shape index (κ1) is 16.8. The quantitative estimate of drug-likeness (QED) is 0.637. The van der Waals surface area contributed by atoms with E-state index in [2.05, 4.69) is 15.4 Å². The van der Waals surface area contributed by atoms with Crippen molar-refractivity contribution in [1.29, 1.82) is 0 Å². The van der Waals surface area contributed by atoms with E-state index in [0.717, 1.165) is 27.9 Å². The summed E-state index contributed by atoms with van der Waals surface area (Å²) in [5.74, 6) is -1.44. The molecule has 0 saturated carbocycles. The fraction of sp³-hybridized carbons (Fsp3) is 0.278. The number of amides is 1. The molecule has 3 rings (SSSR count). The van der Waals surface area contributed by atoms with E-state index in [1.165, 1.54) is 0 Å². The van der Waals surface area contributed by atoms with Crippen molar-refractivity contribution in [3.8, 4) is 0 Å². The molecule has 1 aromatic carbocycles. The maximum Gasteiger partial charge on any atom is 0.326 e. The summed E-state index contributed by atoms with van der Waals surface area (Å²) in [4.78, 5) is 26.9. The number of hydrogen-bond acceptors (Lipinski definition) is 3. The summed E-state index contributed by atoms with van der Waals surface area (Å²) in [5, 5.41) is 17.2. The van der Waals surface area contributed by atoms with Gasteiger partial charge in [0, 0.05) is 29.2 Å². The molecule has 7 heteroatoms. The lowest BCUT2D eigenvalue weighted by molar-refractivity contribution is -0.141. The Balaban J connectivity index is 1.72. The van der Waals surface area contributed by atoms with Gasteiger partial charge in [-0.1, -0.05) is 18.2 Å². The first-order valence-corrected chi connectivity index (χ1v) is 8.02. The Bertz CT molecular complexity index is 925. The van der Waals surface area contributed by atoms with Crippen LogP contribution in [0.15, 0.2) is 36.5 Å². The van der Waals surface area contributed by atoms with Crippen molar-refractivity contribution in [2.24, 2.45) is 0 Å². The lowest BCUT2D eigenvalue weighted by atomic mass is 10.1. The van der Waals surface area contributed by atoms with Crippen LogP contribution in [0.25, 0.3) is 10.9 Å². The molecule has 0 saturated heterocycles. The summed E-state index contributed by atoms with van der Waals surface area (Å²) in [6.45, 7) is 3.70. The molecule has 1 amide bonds. The van der Waals surface area contributed by atoms with Gasteiger partial charge >= 0.3 is 5.97 Å². The maximum absolute atomic E-state index is 12.2. The van der Waals surface area contributed by atoms with E-state index in [-0.39, 0.29) is 18.9 Å². The van der Waals surface area contributed by atoms with Crippen LogP contribution >= 0.6 is 0 Å². The lowest BCUT2D eigenvalue weighted by Crippen LogP contribution is -2.43. The SMILES string of the molecule is Cc1cc(C)n(CC(=O)N[C@@H](Cc2c[nH]c3ccccc23)C(=O)O)n1. The van der Waals surface area contributed by atoms with Gasteiger partial charge in [-0.25, -0.2) is 4.79 Å². The van der Waals surface area contributed by atoms with E-state index >= 15 is 0 Å². The van der Waals surface area contributed by atoms with E-state index in [1.807, 2.05) is 44.2 Å². The molecular formula is C18H20N4O3. The average molecular weight is 340 g/mol. The highest BCUT2D eigenvalue weighted by Gasteiger charge is 2.22. The number of aromatic nitrogens is 3. The number of hydrogen-bond donors (Lipinski definition) is 3. The summed E-state index contributed by atoms with van der Waals surface area (Å²) in [6, 6.07) is 8.54. The molecule has 0 fully saturated rings. The van der Waals surface area contributed by atoms with Crippen LogP contribution in [0.4, 0.5) is 0 Å². The Morgan fingerprint density at radius 1 is 1.32 bits per heavy atom. The molecule has 7 nitrogen and oxygen atoms in total. The Morgan fingerprint density at radius 2 is 2.08 bits per heavy atom. The van der Waals surface area contributed by atoms with E-state index in [1.54, 1.807) is 10.9 Å². The van der Waals surface area contributed by atoms with Crippen LogP contribution in [0.5, 0.6) is 0 Å². The first-order chi connectivity index (χ1) is 11.9. The molecule has 0 radical (unpaired) electrons. The van der Waals surface area contributed by atoms with E-state index in [0.29, 0.717) is 0 Å². The minimum Gasteiger partial charge on any atom is -0.480 e. The van der Waals surface area contributed by atoms with E-state index < -0.39 is 12.0 Å². The minimum absolute atomic E-state index is 0.00264. The number of carbonyl (C=O) groups is 2. The number of rotatable bonds is 6. The smallest absolute Gasteiger partial charge is 0.326 e. The molecule has 0 aliphatic heterocycles. The molecule has 2 heterocycles. The zero-order valence-corrected chi connectivity index (χ0v) is 14.1. The number of benzene rings is 1. The highest BCUT2D eigenvalue weighted by atomic mass is 16.4. The van der Waals surface area contributed by atoms with Gasteiger partial charge in [0.1, 0.15) is 12.6 Å². The molecule has 0 spiro atoms. The normalized spacial score (nSPS) is 12.2. The van der Waals surface area contributed by atoms with Gasteiger partial charge in [-0.3, -0.25) is 9.48 Å². The van der Waals surface area contributed by atoms with Crippen LogP contribution in [0, 0.1) is 13.8 Å². The summed E-state index contributed by atoms with van der Waals surface area (Å²) < 4.78 is 1.56. The molecule has 0 unspecified atom stereocenters. The predicted octanol–water partition coefficient (Wildman–Crippen LogP) is 1.79. The number of nitrogens with zero attached hydrogens (tertiary/aromatic N) is 2. The maximum atomic E-state index is 12.2. The molecule has 0 aliphatic rings. The van der Waals surface area contributed by atoms with E-state index in [9.17, 15) is 14.7 Å². The molecular weight excluding hydrogens is 320 g/mol. The third kappa shape index (κ3) is 3.71. The molecule has 3 aromatic rings. The second-order valence-electron chi connectivity index (χ2n) is 6.11. The van der Waals surface area contributed by atoms with Gasteiger partial charge in [-0.05, 0) is 31.5 Å². The average Bonchev–Trinajstić information content (AvgIpc) is 3.10. The molecule has 130 valence electrons. The summed E-state index contributed by atoms with van der Waals surface area (Å²) in [5.41, 5.74) is 3.47. The second-order valence-corrected chi connectivity index (χ2v) is 6.11. The van der Waals surface area contributed by atoms with Crippen LogP contribution in [0.1, 0.15) is 17.0 Å². The number of carboxylic acid groups (broad SMARTS) is 1. The molecule has 3 N–H and O–H groups in total. The highest BCUT2D eigenvalue weighted by Crippen LogP contribution is 2.19. The Morgan fingerprint density at radius 3 is 2.76 bits per heavy atom. The molecule has 0 aliphatic carbocycles. The van der Waals surface area contributed by atoms with E-state index in [4.69, 9.17) is 0 Å². The molecule has 0 bridgehead atoms. The fourth-order valence-corrected chi connectivity index (χ4v) is 2.93. The van der Waals surface area contributed by atoms with Crippen molar-refractivity contribution < 1.29 is 14.7 Å². The Hall–Kier alpha value is -3.09. The zero-order chi connectivity index (χ0) is 18.0. The first-order valence-electron chi connectivity index (χ1n) is 8.02. The topological polar surface area (TPSA) is 100 Å². The lowest BCUT2D eigenvalue weighted by Gasteiger charge is -2.14. The van der Waals surface area contributed by atoms with Gasteiger partial charge in [-0.2, -0.15) is 5.10 Å². The van der Waals surface area contributed by atoms with Crippen LogP contribution in [-0.4, -0.2) is 37.8 Å². The predicted molar refractivity (Wildman–Crippen MR) is 93.3 cm³/mol. The highest BCUT2D eigenvalue weighted by molar-refractivity contribution is 5.86. The van der Waals surface area contributed by atoms with Crippen molar-refractivity contribution in [2.45, 2.75) is 32.9 Å². The summed E-state index contributed by atoms with van der Waals surface area (Å²) in [6.07, 6.45) is 2.00. The molecule has 1 atom stereocenters. The van der Waals surface area contributed by atoms with Crippen LogP contribution in [-0.2, 0) is 22.6 Å². The monoisotopic (exact) mass is 340 g/mol. The third-order valence-corrected chi connectivity index (χ3v) is 4.13. The largest absolute Gasteiger partial charge is 0.480 e. The number of aliphatic carboxylic acids is 1. The summed E-state index contributed by atoms with van der Waals surface area (Å²) >= 11 is 0. The number of aryl methyl sites for hydroxylation is 2. The van der Waals surface area contributed by atoms with Crippen molar-refractivity contribution in [3.05, 3.63) is 53.5 Å². The van der Waals surface area contributed by atoms with Gasteiger partial charge in [0.25, 0.3) is 0 Å². The van der Waals surface area contributed by atoms with Gasteiger partial charge in [-0.15, -0.1) is 0 Å². The van der Waals surface area contributed by atoms with Crippen molar-refractivity contribution >= 4 is 22.8 Å². The van der Waals surface area contributed by atoms with Crippen LogP contribution < -0.4 is 5.32 Å². The van der Waals surface area contributed by atoms with Crippen molar-refractivity contribution in [2.75, 3.05) is 0 Å². The third-order valence-electron chi connectivity index (χ3n) is 4.13. The number of H-pyrrole nitrogens is 1. The van der Waals surface area contributed by atoms with Crippen LogP contribution in [0.3, 0.4) is 0 Å². The Kier molecular flexibility index (Phi) is 4.56. The van der Waals surface area contributed by atoms with Crippen molar-refractivity contribution in [1.82, 2.24) is 20.1 Å². The summed E-state index contributed by atoms with van der Waals surface area (Å²) in [7, 11) is 0. The van der Waals surface area contributed by atoms with Gasteiger partial charge in [0.15, 0.2) is 0 Å². The van der Waals surface area contributed by atoms with Gasteiger partial charge < -0.3 is 15.4 Å². The number of carboxylic acids is 1. The molecule has 2 aromatic heterocycles. The number of carbonyl (C=O) groups excluding carboxylic acids is 1. The van der Waals surface area contributed by atoms with Crippen LogP contribution in [0.2, 0.25) is 0 Å². The van der Waals surface area contributed by atoms with Gasteiger partial charge in [0.05, 0.1) is 5.69 Å². The standard InChI is InChI=1S/C18H20N4O3/c1-11-7-12(2)22(21-11)10-17(23)20-16(18(24)25)8-13-9-19-15-6-4-3-5-14(13)15/h3-7,9,16,19H,8,10H2,1-2H3,(H,20,23)(H,24,25)/t16-/m0/s1. The number of nitrogens with one attached hydrogen (secondary N) is 2. The second kappa shape index (κ2) is 6.80. The molecule has 25 heavy (non-hydrogen) atoms. The number of fused-ring (bicyclic) bond motifs is 1. The number of para-hydroxylation sites is 1. The zero-order valence-electron chi connectivity index (χ0n) is 14.1. The van der Waals surface area contributed by atoms with Crippen molar-refractivity contribution in [3.63, 3.8) is 0 Å². The fourth-order valence-electron chi connectivity index (χ4n) is 2.93. The minimum atomic E-state index is -1.06.